The molecule has 2 aliphatic rings. The fourth-order valence-corrected chi connectivity index (χ4v) is 3.35. The molecule has 2 N–H and O–H groups in total. The molecular weight excluding hydrogens is 254 g/mol. The average molecular weight is 273 g/mol. The minimum atomic E-state index is 0.538. The Morgan fingerprint density at radius 2 is 2.30 bits per heavy atom. The quantitative estimate of drug-likeness (QED) is 0.828. The van der Waals surface area contributed by atoms with E-state index in [1.54, 1.807) is 6.33 Å². The number of hydrogen-bond donors (Lipinski definition) is 2. The van der Waals surface area contributed by atoms with Crippen molar-refractivity contribution >= 4 is 5.95 Å². The van der Waals surface area contributed by atoms with Crippen LogP contribution in [0.2, 0.25) is 0 Å². The molecule has 2 fully saturated rings. The van der Waals surface area contributed by atoms with Gasteiger partial charge in [-0.05, 0) is 18.8 Å². The summed E-state index contributed by atoms with van der Waals surface area (Å²) in [4.78, 5) is 11.3. The van der Waals surface area contributed by atoms with Gasteiger partial charge in [0.25, 0.3) is 0 Å². The smallest absolute Gasteiger partial charge is 0.245 e. The summed E-state index contributed by atoms with van der Waals surface area (Å²) in [5.41, 5.74) is 0.837. The maximum Gasteiger partial charge on any atom is 0.245 e. The Kier molecular flexibility index (Phi) is 2.73. The van der Waals surface area contributed by atoms with Gasteiger partial charge in [0.1, 0.15) is 5.69 Å². The van der Waals surface area contributed by atoms with Crippen LogP contribution in [0.3, 0.4) is 0 Å². The first-order valence-corrected chi connectivity index (χ1v) is 7.19. The van der Waals surface area contributed by atoms with E-state index in [9.17, 15) is 0 Å². The maximum atomic E-state index is 4.63. The van der Waals surface area contributed by atoms with Gasteiger partial charge in [0.05, 0.1) is 6.33 Å². The summed E-state index contributed by atoms with van der Waals surface area (Å²) in [6.45, 7) is 3.21. The fourth-order valence-electron chi connectivity index (χ4n) is 3.35. The summed E-state index contributed by atoms with van der Waals surface area (Å²) < 4.78 is 1.91. The number of rotatable bonds is 2. The molecule has 2 atom stereocenters. The van der Waals surface area contributed by atoms with Gasteiger partial charge < -0.3 is 14.8 Å². The van der Waals surface area contributed by atoms with E-state index in [0.717, 1.165) is 43.0 Å². The minimum Gasteiger partial charge on any atom is -0.340 e. The van der Waals surface area contributed by atoms with Crippen LogP contribution in [-0.2, 0) is 7.05 Å². The summed E-state index contributed by atoms with van der Waals surface area (Å²) in [5, 5.41) is 10.9. The van der Waals surface area contributed by atoms with Crippen molar-refractivity contribution in [3.63, 3.8) is 0 Å². The zero-order valence-electron chi connectivity index (χ0n) is 11.6. The molecule has 2 aliphatic heterocycles. The van der Waals surface area contributed by atoms with E-state index in [1.165, 1.54) is 12.8 Å². The Balaban J connectivity index is 1.61. The molecule has 2 aromatic rings. The third-order valence-corrected chi connectivity index (χ3v) is 4.36. The molecule has 2 unspecified atom stereocenters. The highest BCUT2D eigenvalue weighted by molar-refractivity contribution is 5.50. The number of imidazole rings is 1. The Morgan fingerprint density at radius 1 is 1.35 bits per heavy atom. The lowest BCUT2D eigenvalue weighted by atomic mass is 9.92. The largest absolute Gasteiger partial charge is 0.340 e. The number of nitrogens with zero attached hydrogens (tertiary/aromatic N) is 5. The SMILES string of the molecule is Cn1cnc(-c2nc(N3CCCC4CNCC43)n[nH]2)c1. The molecule has 2 aromatic heterocycles. The van der Waals surface area contributed by atoms with Gasteiger partial charge >= 0.3 is 0 Å². The molecule has 4 heterocycles. The van der Waals surface area contributed by atoms with Crippen molar-refractivity contribution in [2.24, 2.45) is 13.0 Å². The molecule has 7 nitrogen and oxygen atoms in total. The van der Waals surface area contributed by atoms with Gasteiger partial charge in [0.15, 0.2) is 5.82 Å². The molecule has 106 valence electrons. The molecular formula is C13H19N7. The lowest BCUT2D eigenvalue weighted by Crippen LogP contribution is -2.45. The summed E-state index contributed by atoms with van der Waals surface area (Å²) in [6, 6.07) is 0.538. The van der Waals surface area contributed by atoms with Gasteiger partial charge in [-0.15, -0.1) is 5.10 Å². The number of nitrogens with one attached hydrogen (secondary N) is 2. The molecule has 20 heavy (non-hydrogen) atoms. The highest BCUT2D eigenvalue weighted by atomic mass is 15.4. The molecule has 0 spiro atoms. The van der Waals surface area contributed by atoms with Gasteiger partial charge in [-0.2, -0.15) is 4.98 Å². The predicted octanol–water partition coefficient (Wildman–Crippen LogP) is 0.393. The van der Waals surface area contributed by atoms with Crippen molar-refractivity contribution in [1.82, 2.24) is 30.0 Å². The number of aromatic nitrogens is 5. The number of aromatic amines is 1. The van der Waals surface area contributed by atoms with Crippen molar-refractivity contribution in [3.05, 3.63) is 12.5 Å². The molecule has 0 aromatic carbocycles. The zero-order chi connectivity index (χ0) is 13.5. The fraction of sp³-hybridized carbons (Fsp3) is 0.615. The number of fused-ring (bicyclic) bond motifs is 1. The van der Waals surface area contributed by atoms with Crippen molar-refractivity contribution in [1.29, 1.82) is 0 Å². The Morgan fingerprint density at radius 3 is 3.15 bits per heavy atom. The third kappa shape index (κ3) is 1.89. The lowest BCUT2D eigenvalue weighted by molar-refractivity contribution is 0.381. The molecule has 0 aliphatic carbocycles. The van der Waals surface area contributed by atoms with Crippen LogP contribution in [0.5, 0.6) is 0 Å². The normalized spacial score (nSPS) is 25.9. The predicted molar refractivity (Wildman–Crippen MR) is 75.3 cm³/mol. The van der Waals surface area contributed by atoms with E-state index in [4.69, 9.17) is 0 Å². The van der Waals surface area contributed by atoms with Crippen LogP contribution in [0.25, 0.3) is 11.5 Å². The Labute approximate surface area is 117 Å². The second-order valence-corrected chi connectivity index (χ2v) is 5.73. The topological polar surface area (TPSA) is 74.7 Å². The number of H-pyrrole nitrogens is 1. The number of hydrogen-bond acceptors (Lipinski definition) is 5. The first-order valence-electron chi connectivity index (χ1n) is 7.19. The standard InChI is InChI=1S/C13H19N7/c1-19-7-10(15-8-19)12-16-13(18-17-12)20-4-2-3-9-5-14-6-11(9)20/h7-9,11,14H,2-6H2,1H3,(H,16,17,18). The summed E-state index contributed by atoms with van der Waals surface area (Å²) in [6.07, 6.45) is 6.25. The van der Waals surface area contributed by atoms with Crippen LogP contribution in [0, 0.1) is 5.92 Å². The summed E-state index contributed by atoms with van der Waals surface area (Å²) in [7, 11) is 1.95. The monoisotopic (exact) mass is 273 g/mol. The van der Waals surface area contributed by atoms with E-state index in [-0.39, 0.29) is 0 Å². The van der Waals surface area contributed by atoms with Crippen LogP contribution in [0.1, 0.15) is 12.8 Å². The minimum absolute atomic E-state index is 0.538. The Hall–Kier alpha value is -1.89. The Bertz CT molecular complexity index is 601. The number of aryl methyl sites for hydroxylation is 1. The van der Waals surface area contributed by atoms with Crippen molar-refractivity contribution in [3.8, 4) is 11.5 Å². The first kappa shape index (κ1) is 11.9. The van der Waals surface area contributed by atoms with E-state index >= 15 is 0 Å². The van der Waals surface area contributed by atoms with Crippen molar-refractivity contribution in [2.45, 2.75) is 18.9 Å². The van der Waals surface area contributed by atoms with E-state index in [1.807, 2.05) is 17.8 Å². The summed E-state index contributed by atoms with van der Waals surface area (Å²) >= 11 is 0. The van der Waals surface area contributed by atoms with Gasteiger partial charge in [0.2, 0.25) is 5.95 Å². The third-order valence-electron chi connectivity index (χ3n) is 4.36. The lowest BCUT2D eigenvalue weighted by Gasteiger charge is -2.36. The van der Waals surface area contributed by atoms with E-state index in [2.05, 4.69) is 30.4 Å². The first-order chi connectivity index (χ1) is 9.81. The van der Waals surface area contributed by atoms with Gasteiger partial charge in [-0.3, -0.25) is 5.10 Å². The molecule has 0 amide bonds. The van der Waals surface area contributed by atoms with Gasteiger partial charge in [-0.25, -0.2) is 4.98 Å². The van der Waals surface area contributed by atoms with Gasteiger partial charge in [-0.1, -0.05) is 0 Å². The van der Waals surface area contributed by atoms with Crippen LogP contribution in [0.4, 0.5) is 5.95 Å². The number of piperidine rings is 1. The number of anilines is 1. The highest BCUT2D eigenvalue weighted by Gasteiger charge is 2.36. The molecule has 0 bridgehead atoms. The molecule has 7 heteroatoms. The molecule has 0 radical (unpaired) electrons. The zero-order valence-corrected chi connectivity index (χ0v) is 11.6. The van der Waals surface area contributed by atoms with Crippen LogP contribution in [-0.4, -0.2) is 50.4 Å². The van der Waals surface area contributed by atoms with E-state index < -0.39 is 0 Å². The van der Waals surface area contributed by atoms with Crippen molar-refractivity contribution < 1.29 is 0 Å². The average Bonchev–Trinajstić information content (AvgIpc) is 3.17. The second kappa shape index (κ2) is 4.59. The molecule has 4 rings (SSSR count). The maximum absolute atomic E-state index is 4.63. The van der Waals surface area contributed by atoms with Gasteiger partial charge in [0, 0.05) is 38.9 Å². The van der Waals surface area contributed by atoms with Crippen LogP contribution in [0.15, 0.2) is 12.5 Å². The summed E-state index contributed by atoms with van der Waals surface area (Å²) in [5.74, 6) is 2.29. The van der Waals surface area contributed by atoms with Crippen molar-refractivity contribution in [2.75, 3.05) is 24.5 Å². The molecule has 2 saturated heterocycles. The second-order valence-electron chi connectivity index (χ2n) is 5.73. The van der Waals surface area contributed by atoms with E-state index in [0.29, 0.717) is 6.04 Å². The highest BCUT2D eigenvalue weighted by Crippen LogP contribution is 2.29. The van der Waals surface area contributed by atoms with Crippen LogP contribution >= 0.6 is 0 Å². The molecule has 0 saturated carbocycles. The van der Waals surface area contributed by atoms with Crippen LogP contribution < -0.4 is 10.2 Å².